The number of nitrogens with one attached hydrogen (secondary N) is 1. The van der Waals surface area contributed by atoms with Gasteiger partial charge in [0, 0.05) is 12.5 Å². The average molecular weight is 639 g/mol. The largest absolute Gasteiger partial charge is 0.508 e. The first-order valence-electron chi connectivity index (χ1n) is 17.7. The molecule has 7 nitrogen and oxygen atoms in total. The summed E-state index contributed by atoms with van der Waals surface area (Å²) in [5, 5.41) is 19.1. The van der Waals surface area contributed by atoms with Crippen LogP contribution in [0.2, 0.25) is 0 Å². The molecule has 3 aromatic rings. The maximum absolute atomic E-state index is 11.5. The summed E-state index contributed by atoms with van der Waals surface area (Å²) < 4.78 is 4.99. The number of carbonyl (C=O) groups is 1. The Bertz CT molecular complexity index is 1410. The standard InChI is InChI=1S/C40H54N4O3/c1-4-6-20-38(42-43-41-27-11-10-21-39(46)47-5-2)34-22-24-35(25-23-34)40(36-18-13-19-37(45)30-36)44-28-26-33(17-12-14-31(44)3)29-32-15-8-7-9-16-32/h7-9,13,15-16,18-20,22-25,30-31,33,40,45H,4-6,10-12,14,17,21,26-29H2,1-3H3,(H,41,42)/b38-20+/t31?,33?,40-/m1/s1. The van der Waals surface area contributed by atoms with E-state index in [4.69, 9.17) is 4.74 Å². The molecule has 252 valence electrons. The molecule has 2 unspecified atom stereocenters. The third-order valence-corrected chi connectivity index (χ3v) is 9.09. The lowest BCUT2D eigenvalue weighted by Gasteiger charge is -2.40. The Balaban J connectivity index is 1.50. The molecule has 0 amide bonds. The number of carbonyl (C=O) groups excluding carboxylic acids is 1. The van der Waals surface area contributed by atoms with E-state index in [1.807, 2.05) is 19.1 Å². The van der Waals surface area contributed by atoms with Crippen LogP contribution in [-0.2, 0) is 16.0 Å². The van der Waals surface area contributed by atoms with Gasteiger partial charge in [-0.05, 0) is 99.2 Å². The molecule has 7 heteroatoms. The summed E-state index contributed by atoms with van der Waals surface area (Å²) in [6, 6.07) is 27.9. The number of phenolic OH excluding ortho intramolecular Hbond substituents is 1. The van der Waals surface area contributed by atoms with Crippen LogP contribution in [0, 0.1) is 5.92 Å². The van der Waals surface area contributed by atoms with Gasteiger partial charge in [0.05, 0.1) is 24.9 Å². The molecule has 4 rings (SSSR count). The Morgan fingerprint density at radius 2 is 1.81 bits per heavy atom. The van der Waals surface area contributed by atoms with Crippen LogP contribution in [0.4, 0.5) is 0 Å². The Kier molecular flexibility index (Phi) is 15.0. The third kappa shape index (κ3) is 11.7. The number of benzene rings is 3. The Morgan fingerprint density at radius 1 is 1.00 bits per heavy atom. The van der Waals surface area contributed by atoms with Crippen LogP contribution in [0.5, 0.6) is 5.75 Å². The quantitative estimate of drug-likeness (QED) is 0.0706. The first kappa shape index (κ1) is 35.9. The van der Waals surface area contributed by atoms with Crippen molar-refractivity contribution in [2.75, 3.05) is 19.7 Å². The summed E-state index contributed by atoms with van der Waals surface area (Å²) >= 11 is 0. The molecule has 1 saturated heterocycles. The SMILES string of the molecule is CCC/C=C(/NN=NCCCCC(=O)OCC)c1ccc([C@H](c2cccc(O)c2)N2CCC(Cc3ccccc3)CCCC2C)cc1. The minimum absolute atomic E-state index is 0.0342. The highest BCUT2D eigenvalue weighted by Crippen LogP contribution is 2.36. The van der Waals surface area contributed by atoms with Gasteiger partial charge in [-0.2, -0.15) is 5.11 Å². The van der Waals surface area contributed by atoms with Crippen molar-refractivity contribution in [3.63, 3.8) is 0 Å². The molecule has 3 atom stereocenters. The van der Waals surface area contributed by atoms with E-state index in [2.05, 4.69) is 101 Å². The fraction of sp³-hybridized carbons (Fsp3) is 0.475. The van der Waals surface area contributed by atoms with E-state index in [0.717, 1.165) is 68.3 Å². The lowest BCUT2D eigenvalue weighted by Crippen LogP contribution is -2.40. The molecule has 1 heterocycles. The zero-order chi connectivity index (χ0) is 33.3. The second-order valence-electron chi connectivity index (χ2n) is 12.7. The van der Waals surface area contributed by atoms with Crippen molar-refractivity contribution < 1.29 is 14.6 Å². The number of phenols is 1. The van der Waals surface area contributed by atoms with Crippen molar-refractivity contribution in [1.29, 1.82) is 0 Å². The van der Waals surface area contributed by atoms with Crippen molar-refractivity contribution in [2.45, 2.75) is 97.1 Å². The van der Waals surface area contributed by atoms with E-state index in [1.54, 1.807) is 6.07 Å². The number of nitrogens with zero attached hydrogens (tertiary/aromatic N) is 3. The van der Waals surface area contributed by atoms with E-state index in [0.29, 0.717) is 37.3 Å². The van der Waals surface area contributed by atoms with Crippen molar-refractivity contribution in [1.82, 2.24) is 10.3 Å². The minimum Gasteiger partial charge on any atom is -0.508 e. The molecular formula is C40H54N4O3. The average Bonchev–Trinajstić information content (AvgIpc) is 3.07. The number of unbranched alkanes of at least 4 members (excludes halogenated alkanes) is 2. The molecule has 1 aliphatic rings. The zero-order valence-electron chi connectivity index (χ0n) is 28.6. The van der Waals surface area contributed by atoms with Crippen LogP contribution in [0.25, 0.3) is 5.70 Å². The predicted molar refractivity (Wildman–Crippen MR) is 191 cm³/mol. The van der Waals surface area contributed by atoms with Gasteiger partial charge in [0.2, 0.25) is 0 Å². The fourth-order valence-electron chi connectivity index (χ4n) is 6.56. The molecule has 1 fully saturated rings. The van der Waals surface area contributed by atoms with Crippen LogP contribution in [0.1, 0.15) is 107 Å². The second kappa shape index (κ2) is 19.6. The first-order valence-corrected chi connectivity index (χ1v) is 17.7. The van der Waals surface area contributed by atoms with Crippen LogP contribution in [-0.4, -0.2) is 41.7 Å². The third-order valence-electron chi connectivity index (χ3n) is 9.09. The number of hydrogen-bond donors (Lipinski definition) is 2. The van der Waals surface area contributed by atoms with Crippen molar-refractivity contribution in [3.05, 3.63) is 107 Å². The van der Waals surface area contributed by atoms with E-state index in [-0.39, 0.29) is 12.0 Å². The van der Waals surface area contributed by atoms with Gasteiger partial charge in [0.15, 0.2) is 0 Å². The summed E-state index contributed by atoms with van der Waals surface area (Å²) in [6.07, 6.45) is 12.0. The molecule has 1 aliphatic heterocycles. The van der Waals surface area contributed by atoms with Crippen LogP contribution < -0.4 is 5.43 Å². The lowest BCUT2D eigenvalue weighted by molar-refractivity contribution is -0.143. The maximum atomic E-state index is 11.5. The molecule has 0 bridgehead atoms. The smallest absolute Gasteiger partial charge is 0.305 e. The van der Waals surface area contributed by atoms with Gasteiger partial charge in [0.1, 0.15) is 5.75 Å². The molecule has 0 saturated carbocycles. The molecule has 0 aliphatic carbocycles. The summed E-state index contributed by atoms with van der Waals surface area (Å²) in [7, 11) is 0. The predicted octanol–water partition coefficient (Wildman–Crippen LogP) is 9.44. The number of rotatable bonds is 16. The van der Waals surface area contributed by atoms with E-state index >= 15 is 0 Å². The number of aromatic hydroxyl groups is 1. The maximum Gasteiger partial charge on any atom is 0.305 e. The van der Waals surface area contributed by atoms with Gasteiger partial charge in [-0.15, -0.1) is 0 Å². The van der Waals surface area contributed by atoms with Crippen molar-refractivity contribution >= 4 is 11.7 Å². The highest BCUT2D eigenvalue weighted by atomic mass is 16.5. The normalized spacial score (nSPS) is 18.4. The van der Waals surface area contributed by atoms with Crippen LogP contribution in [0.3, 0.4) is 0 Å². The van der Waals surface area contributed by atoms with Crippen molar-refractivity contribution in [3.8, 4) is 5.75 Å². The minimum atomic E-state index is -0.157. The van der Waals surface area contributed by atoms with Crippen molar-refractivity contribution in [2.24, 2.45) is 16.3 Å². The highest BCUT2D eigenvalue weighted by molar-refractivity contribution is 5.69. The summed E-state index contributed by atoms with van der Waals surface area (Å²) in [5.74, 6) is 0.796. The first-order chi connectivity index (χ1) is 23.0. The number of hydrogen-bond acceptors (Lipinski definition) is 6. The van der Waals surface area contributed by atoms with E-state index in [1.165, 1.54) is 24.0 Å². The number of esters is 1. The number of likely N-dealkylation sites (tertiary alicyclic amines) is 1. The Labute approximate surface area is 282 Å². The van der Waals surface area contributed by atoms with Gasteiger partial charge in [-0.25, -0.2) is 0 Å². The molecular weight excluding hydrogens is 584 g/mol. The lowest BCUT2D eigenvalue weighted by atomic mass is 9.86. The summed E-state index contributed by atoms with van der Waals surface area (Å²) in [6.45, 7) is 8.32. The van der Waals surface area contributed by atoms with Crippen LogP contribution >= 0.6 is 0 Å². The zero-order valence-corrected chi connectivity index (χ0v) is 28.6. The molecule has 47 heavy (non-hydrogen) atoms. The summed E-state index contributed by atoms with van der Waals surface area (Å²) in [5.41, 5.74) is 8.91. The monoisotopic (exact) mass is 638 g/mol. The Hall–Kier alpha value is -3.97. The van der Waals surface area contributed by atoms with E-state index < -0.39 is 0 Å². The van der Waals surface area contributed by atoms with Gasteiger partial charge >= 0.3 is 5.97 Å². The highest BCUT2D eigenvalue weighted by Gasteiger charge is 2.29. The van der Waals surface area contributed by atoms with Gasteiger partial charge in [-0.3, -0.25) is 15.1 Å². The molecule has 0 spiro atoms. The van der Waals surface area contributed by atoms with Crippen LogP contribution in [0.15, 0.2) is 95.3 Å². The van der Waals surface area contributed by atoms with Gasteiger partial charge in [-0.1, -0.05) is 104 Å². The fourth-order valence-corrected chi connectivity index (χ4v) is 6.56. The topological polar surface area (TPSA) is 86.5 Å². The van der Waals surface area contributed by atoms with Gasteiger partial charge < -0.3 is 9.84 Å². The van der Waals surface area contributed by atoms with E-state index in [9.17, 15) is 9.90 Å². The molecule has 2 N–H and O–H groups in total. The number of ether oxygens (including phenoxy) is 1. The molecule has 0 radical (unpaired) electrons. The Morgan fingerprint density at radius 3 is 2.55 bits per heavy atom. The summed E-state index contributed by atoms with van der Waals surface area (Å²) in [4.78, 5) is 14.2. The molecule has 3 aromatic carbocycles. The number of allylic oxidation sites excluding steroid dienone is 1. The second-order valence-corrected chi connectivity index (χ2v) is 12.7. The van der Waals surface area contributed by atoms with Gasteiger partial charge in [0.25, 0.3) is 0 Å². The molecule has 0 aromatic heterocycles.